The number of aromatic nitrogens is 1. The van der Waals surface area contributed by atoms with Crippen LogP contribution in [0.2, 0.25) is 0 Å². The number of carboxylic acids is 1. The molecule has 0 fully saturated rings. The van der Waals surface area contributed by atoms with Crippen LogP contribution in [-0.2, 0) is 18.0 Å². The monoisotopic (exact) mass is 258 g/mol. The Morgan fingerprint density at radius 2 is 2.11 bits per heavy atom. The van der Waals surface area contributed by atoms with E-state index in [1.54, 1.807) is 24.3 Å². The van der Waals surface area contributed by atoms with Gasteiger partial charge >= 0.3 is 5.97 Å². The Bertz CT molecular complexity index is 610. The molecule has 0 saturated carbocycles. The van der Waals surface area contributed by atoms with Crippen LogP contribution in [0, 0.1) is 11.3 Å². The molecule has 2 rings (SSSR count). The topological polar surface area (TPSA) is 96.3 Å². The Hall–Kier alpha value is -2.65. The first-order valence-electron chi connectivity index (χ1n) is 5.44. The Kier molecular flexibility index (Phi) is 3.90. The Morgan fingerprint density at radius 1 is 1.37 bits per heavy atom. The van der Waals surface area contributed by atoms with Gasteiger partial charge in [0.15, 0.2) is 11.5 Å². The Morgan fingerprint density at radius 3 is 2.68 bits per heavy atom. The number of benzene rings is 1. The van der Waals surface area contributed by atoms with Crippen LogP contribution < -0.4 is 0 Å². The molecule has 96 valence electrons. The first kappa shape index (κ1) is 12.8. The van der Waals surface area contributed by atoms with E-state index in [1.807, 2.05) is 6.07 Å². The van der Waals surface area contributed by atoms with Crippen LogP contribution in [-0.4, -0.2) is 16.2 Å². The number of carboxylic acid groups (broad SMARTS) is 1. The van der Waals surface area contributed by atoms with Gasteiger partial charge in [0, 0.05) is 6.07 Å². The van der Waals surface area contributed by atoms with Gasteiger partial charge in [0.2, 0.25) is 0 Å². The van der Waals surface area contributed by atoms with E-state index in [0.29, 0.717) is 17.9 Å². The highest BCUT2D eigenvalue weighted by atomic mass is 16.5. The molecule has 0 aliphatic rings. The summed E-state index contributed by atoms with van der Waals surface area (Å²) in [6.07, 6.45) is 0. The average molecular weight is 258 g/mol. The maximum atomic E-state index is 10.6. The van der Waals surface area contributed by atoms with E-state index in [-0.39, 0.29) is 12.3 Å². The molecule has 6 heteroatoms. The highest BCUT2D eigenvalue weighted by molar-refractivity contribution is 5.85. The number of rotatable bonds is 5. The summed E-state index contributed by atoms with van der Waals surface area (Å²) in [6.45, 7) is 0.481. The summed E-state index contributed by atoms with van der Waals surface area (Å²) in [5.41, 5.74) is 1.36. The molecule has 0 aliphatic heterocycles. The maximum Gasteiger partial charge on any atom is 0.358 e. The highest BCUT2D eigenvalue weighted by Crippen LogP contribution is 2.09. The molecule has 6 nitrogen and oxygen atoms in total. The molecule has 1 aromatic carbocycles. The van der Waals surface area contributed by atoms with Crippen LogP contribution in [0.25, 0.3) is 0 Å². The van der Waals surface area contributed by atoms with Gasteiger partial charge in [-0.1, -0.05) is 17.3 Å². The third-order valence-corrected chi connectivity index (χ3v) is 2.37. The normalized spacial score (nSPS) is 10.1. The molecule has 0 radical (unpaired) electrons. The van der Waals surface area contributed by atoms with E-state index in [2.05, 4.69) is 5.16 Å². The zero-order valence-corrected chi connectivity index (χ0v) is 9.87. The zero-order chi connectivity index (χ0) is 13.7. The van der Waals surface area contributed by atoms with Crippen molar-refractivity contribution < 1.29 is 19.2 Å². The van der Waals surface area contributed by atoms with Gasteiger partial charge in [-0.15, -0.1) is 0 Å². The van der Waals surface area contributed by atoms with Crippen molar-refractivity contribution in [2.75, 3.05) is 0 Å². The second kappa shape index (κ2) is 5.80. The smallest absolute Gasteiger partial charge is 0.358 e. The third-order valence-electron chi connectivity index (χ3n) is 2.37. The Labute approximate surface area is 108 Å². The number of carbonyl (C=O) groups is 1. The van der Waals surface area contributed by atoms with E-state index in [4.69, 9.17) is 19.6 Å². The molecule has 2 aromatic rings. The number of ether oxygens (including phenoxy) is 1. The molecule has 0 aliphatic carbocycles. The number of nitriles is 1. The molecule has 1 N–H and O–H groups in total. The molecule has 0 bridgehead atoms. The van der Waals surface area contributed by atoms with E-state index in [9.17, 15) is 4.79 Å². The van der Waals surface area contributed by atoms with Gasteiger partial charge in [0.25, 0.3) is 0 Å². The largest absolute Gasteiger partial charge is 0.476 e. The van der Waals surface area contributed by atoms with Crippen molar-refractivity contribution in [2.45, 2.75) is 13.2 Å². The summed E-state index contributed by atoms with van der Waals surface area (Å²) in [4.78, 5) is 10.6. The molecule has 0 unspecified atom stereocenters. The van der Waals surface area contributed by atoms with Crippen molar-refractivity contribution in [3.8, 4) is 6.07 Å². The molecule has 0 saturated heterocycles. The summed E-state index contributed by atoms with van der Waals surface area (Å²) >= 11 is 0. The Balaban J connectivity index is 1.85. The van der Waals surface area contributed by atoms with Crippen molar-refractivity contribution in [3.63, 3.8) is 0 Å². The second-order valence-corrected chi connectivity index (χ2v) is 3.79. The van der Waals surface area contributed by atoms with Crippen LogP contribution in [0.1, 0.15) is 27.4 Å². The standard InChI is InChI=1S/C13H10N2O4/c14-6-9-1-3-10(4-2-9)7-18-8-11-5-12(13(16)17)15-19-11/h1-5H,7-8H2,(H,16,17). The van der Waals surface area contributed by atoms with Crippen molar-refractivity contribution in [3.05, 3.63) is 52.9 Å². The van der Waals surface area contributed by atoms with E-state index in [1.165, 1.54) is 6.07 Å². The number of hydrogen-bond acceptors (Lipinski definition) is 5. The van der Waals surface area contributed by atoms with Crippen LogP contribution in [0.5, 0.6) is 0 Å². The number of hydrogen-bond donors (Lipinski definition) is 1. The van der Waals surface area contributed by atoms with E-state index >= 15 is 0 Å². The lowest BCUT2D eigenvalue weighted by Crippen LogP contribution is -1.95. The van der Waals surface area contributed by atoms with E-state index < -0.39 is 5.97 Å². The van der Waals surface area contributed by atoms with E-state index in [0.717, 1.165) is 5.56 Å². The molecule has 0 amide bonds. The lowest BCUT2D eigenvalue weighted by Gasteiger charge is -2.01. The minimum atomic E-state index is -1.14. The lowest BCUT2D eigenvalue weighted by molar-refractivity contribution is 0.0683. The first-order valence-corrected chi connectivity index (χ1v) is 5.44. The fourth-order valence-electron chi connectivity index (χ4n) is 1.43. The molecule has 1 heterocycles. The van der Waals surface area contributed by atoms with Crippen LogP contribution in [0.15, 0.2) is 34.9 Å². The summed E-state index contributed by atoms with van der Waals surface area (Å²) in [7, 11) is 0. The fourth-order valence-corrected chi connectivity index (χ4v) is 1.43. The molecule has 19 heavy (non-hydrogen) atoms. The molecule has 1 aromatic heterocycles. The van der Waals surface area contributed by atoms with Gasteiger partial charge in [0.05, 0.1) is 18.2 Å². The summed E-state index contributed by atoms with van der Waals surface area (Å²) in [5.74, 6) is -0.784. The van der Waals surface area contributed by atoms with Gasteiger partial charge in [-0.25, -0.2) is 4.79 Å². The average Bonchev–Trinajstić information content (AvgIpc) is 2.89. The molecular formula is C13H10N2O4. The van der Waals surface area contributed by atoms with Crippen molar-refractivity contribution in [2.24, 2.45) is 0 Å². The van der Waals surface area contributed by atoms with Crippen LogP contribution in [0.4, 0.5) is 0 Å². The van der Waals surface area contributed by atoms with Gasteiger partial charge < -0.3 is 14.4 Å². The summed E-state index contributed by atoms with van der Waals surface area (Å²) in [6, 6.07) is 10.3. The predicted octanol–water partition coefficient (Wildman–Crippen LogP) is 1.96. The molecular weight excluding hydrogens is 248 g/mol. The molecule has 0 spiro atoms. The van der Waals surface area contributed by atoms with Gasteiger partial charge in [-0.05, 0) is 17.7 Å². The summed E-state index contributed by atoms with van der Waals surface area (Å²) < 4.78 is 10.2. The number of aromatic carboxylic acids is 1. The molecule has 0 atom stereocenters. The quantitative estimate of drug-likeness (QED) is 0.880. The van der Waals surface area contributed by atoms with Gasteiger partial charge in [-0.3, -0.25) is 0 Å². The predicted molar refractivity (Wildman–Crippen MR) is 63.1 cm³/mol. The van der Waals surface area contributed by atoms with Crippen LogP contribution in [0.3, 0.4) is 0 Å². The third kappa shape index (κ3) is 3.40. The minimum absolute atomic E-state index is 0.139. The van der Waals surface area contributed by atoms with Crippen molar-refractivity contribution in [1.29, 1.82) is 5.26 Å². The minimum Gasteiger partial charge on any atom is -0.476 e. The van der Waals surface area contributed by atoms with Crippen molar-refractivity contribution in [1.82, 2.24) is 5.16 Å². The zero-order valence-electron chi connectivity index (χ0n) is 9.87. The maximum absolute atomic E-state index is 10.6. The highest BCUT2D eigenvalue weighted by Gasteiger charge is 2.10. The SMILES string of the molecule is N#Cc1ccc(COCc2cc(C(=O)O)no2)cc1. The van der Waals surface area contributed by atoms with Gasteiger partial charge in [-0.2, -0.15) is 5.26 Å². The fraction of sp³-hybridized carbons (Fsp3) is 0.154. The van der Waals surface area contributed by atoms with Gasteiger partial charge in [0.1, 0.15) is 6.61 Å². The number of nitrogens with zero attached hydrogens (tertiary/aromatic N) is 2. The lowest BCUT2D eigenvalue weighted by atomic mass is 10.2. The first-order chi connectivity index (χ1) is 9.19. The van der Waals surface area contributed by atoms with Crippen LogP contribution >= 0.6 is 0 Å². The van der Waals surface area contributed by atoms with Crippen molar-refractivity contribution >= 4 is 5.97 Å². The summed E-state index contributed by atoms with van der Waals surface area (Å²) in [5, 5.41) is 20.7. The second-order valence-electron chi connectivity index (χ2n) is 3.79.